The maximum absolute atomic E-state index is 10.9. The number of rotatable bonds is 6. The molecule has 0 aliphatic heterocycles. The summed E-state index contributed by atoms with van der Waals surface area (Å²) in [5.74, 6) is 0. The second-order valence-corrected chi connectivity index (χ2v) is 5.83. The molecule has 18 heavy (non-hydrogen) atoms. The van der Waals surface area contributed by atoms with Crippen molar-refractivity contribution in [1.29, 1.82) is 0 Å². The Morgan fingerprint density at radius 3 is 2.72 bits per heavy atom. The molecule has 100 valence electrons. The lowest BCUT2D eigenvalue weighted by atomic mass is 9.89. The van der Waals surface area contributed by atoms with Crippen LogP contribution in [0.3, 0.4) is 0 Å². The number of aliphatic hydroxyl groups is 1. The summed E-state index contributed by atoms with van der Waals surface area (Å²) in [6, 6.07) is 4.79. The number of nitrogens with zero attached hydrogens (tertiary/aromatic N) is 1. The summed E-state index contributed by atoms with van der Waals surface area (Å²) in [6.45, 7) is 4.67. The average Bonchev–Trinajstić information content (AvgIpc) is 2.26. The van der Waals surface area contributed by atoms with E-state index in [0.29, 0.717) is 18.7 Å². The second-order valence-electron chi connectivity index (χ2n) is 4.91. The van der Waals surface area contributed by atoms with Crippen LogP contribution in [0.2, 0.25) is 0 Å². The van der Waals surface area contributed by atoms with Gasteiger partial charge in [0.05, 0.1) is 4.92 Å². The van der Waals surface area contributed by atoms with Gasteiger partial charge in [-0.1, -0.05) is 29.8 Å². The number of nitro groups is 1. The van der Waals surface area contributed by atoms with E-state index >= 15 is 0 Å². The van der Waals surface area contributed by atoms with E-state index in [2.05, 4.69) is 21.2 Å². The second kappa shape index (κ2) is 6.15. The molecule has 0 fully saturated rings. The Hall–Kier alpha value is -1.14. The van der Waals surface area contributed by atoms with Gasteiger partial charge >= 0.3 is 0 Å². The molecule has 6 heteroatoms. The smallest absolute Gasteiger partial charge is 0.292 e. The summed E-state index contributed by atoms with van der Waals surface area (Å²) >= 11 is 3.29. The van der Waals surface area contributed by atoms with E-state index in [9.17, 15) is 10.1 Å². The first kappa shape index (κ1) is 14.9. The van der Waals surface area contributed by atoms with Gasteiger partial charge in [-0.25, -0.2) is 0 Å². The third-order valence-corrected chi connectivity index (χ3v) is 3.19. The van der Waals surface area contributed by atoms with Crippen LogP contribution in [0.5, 0.6) is 0 Å². The van der Waals surface area contributed by atoms with Gasteiger partial charge in [-0.3, -0.25) is 10.1 Å². The fraction of sp³-hybridized carbons (Fsp3) is 0.500. The lowest BCUT2D eigenvalue weighted by molar-refractivity contribution is -0.384. The van der Waals surface area contributed by atoms with Crippen molar-refractivity contribution >= 4 is 27.3 Å². The third kappa shape index (κ3) is 4.27. The fourth-order valence-electron chi connectivity index (χ4n) is 1.53. The van der Waals surface area contributed by atoms with Gasteiger partial charge in [-0.15, -0.1) is 0 Å². The van der Waals surface area contributed by atoms with Crippen LogP contribution in [0.4, 0.5) is 11.4 Å². The highest BCUT2D eigenvalue weighted by Crippen LogP contribution is 2.29. The maximum atomic E-state index is 10.9. The highest BCUT2D eigenvalue weighted by Gasteiger charge is 2.20. The summed E-state index contributed by atoms with van der Waals surface area (Å²) in [7, 11) is 0. The Bertz CT molecular complexity index is 435. The van der Waals surface area contributed by atoms with Crippen LogP contribution in [0, 0.1) is 15.5 Å². The summed E-state index contributed by atoms with van der Waals surface area (Å²) in [5, 5.41) is 22.9. The molecule has 0 bridgehead atoms. The number of halogens is 1. The molecule has 0 aliphatic carbocycles. The first-order valence-electron chi connectivity index (χ1n) is 5.64. The molecule has 0 heterocycles. The van der Waals surface area contributed by atoms with E-state index in [1.165, 1.54) is 6.07 Å². The van der Waals surface area contributed by atoms with Gasteiger partial charge in [-0.2, -0.15) is 0 Å². The Morgan fingerprint density at radius 1 is 1.50 bits per heavy atom. The predicted octanol–water partition coefficient (Wildman–Crippen LogP) is 3.18. The van der Waals surface area contributed by atoms with E-state index in [1.807, 2.05) is 13.8 Å². The molecule has 0 aliphatic rings. The van der Waals surface area contributed by atoms with Crippen molar-refractivity contribution in [2.75, 3.05) is 18.5 Å². The lowest BCUT2D eigenvalue weighted by Gasteiger charge is -2.24. The highest BCUT2D eigenvalue weighted by atomic mass is 79.9. The zero-order valence-electron chi connectivity index (χ0n) is 10.4. The van der Waals surface area contributed by atoms with Crippen LogP contribution >= 0.6 is 15.9 Å². The molecule has 1 aromatic carbocycles. The molecule has 2 N–H and O–H groups in total. The summed E-state index contributed by atoms with van der Waals surface area (Å²) in [6.07, 6.45) is 0.641. The van der Waals surface area contributed by atoms with E-state index < -0.39 is 4.92 Å². The monoisotopic (exact) mass is 316 g/mol. The van der Waals surface area contributed by atoms with Gasteiger partial charge < -0.3 is 10.4 Å². The van der Waals surface area contributed by atoms with E-state index in [4.69, 9.17) is 5.11 Å². The van der Waals surface area contributed by atoms with Crippen molar-refractivity contribution in [2.24, 2.45) is 5.41 Å². The molecular formula is C12H17BrN2O3. The Balaban J connectivity index is 2.83. The first-order chi connectivity index (χ1) is 8.35. The summed E-state index contributed by atoms with van der Waals surface area (Å²) < 4.78 is 0.788. The summed E-state index contributed by atoms with van der Waals surface area (Å²) in [4.78, 5) is 10.5. The van der Waals surface area contributed by atoms with E-state index in [0.717, 1.165) is 4.47 Å². The highest BCUT2D eigenvalue weighted by molar-refractivity contribution is 9.10. The third-order valence-electron chi connectivity index (χ3n) is 2.70. The molecule has 1 aromatic rings. The number of nitro benzene ring substituents is 1. The van der Waals surface area contributed by atoms with Crippen LogP contribution in [0.1, 0.15) is 20.3 Å². The van der Waals surface area contributed by atoms with Crippen LogP contribution < -0.4 is 5.32 Å². The van der Waals surface area contributed by atoms with Crippen molar-refractivity contribution in [3.05, 3.63) is 32.8 Å². The Morgan fingerprint density at radius 2 is 2.17 bits per heavy atom. The Kier molecular flexibility index (Phi) is 5.10. The average molecular weight is 317 g/mol. The largest absolute Gasteiger partial charge is 0.396 e. The van der Waals surface area contributed by atoms with Crippen molar-refractivity contribution in [3.8, 4) is 0 Å². The fourth-order valence-corrected chi connectivity index (χ4v) is 1.90. The van der Waals surface area contributed by atoms with Crippen LogP contribution in [0.25, 0.3) is 0 Å². The van der Waals surface area contributed by atoms with Gasteiger partial charge in [0.15, 0.2) is 0 Å². The number of hydrogen-bond donors (Lipinski definition) is 2. The first-order valence-corrected chi connectivity index (χ1v) is 6.44. The van der Waals surface area contributed by atoms with Crippen LogP contribution in [-0.4, -0.2) is 23.2 Å². The molecule has 0 amide bonds. The lowest BCUT2D eigenvalue weighted by Crippen LogP contribution is -2.24. The minimum Gasteiger partial charge on any atom is -0.396 e. The van der Waals surface area contributed by atoms with Gasteiger partial charge in [0, 0.05) is 23.7 Å². The topological polar surface area (TPSA) is 75.4 Å². The number of nitrogens with one attached hydrogen (secondary N) is 1. The molecule has 0 aromatic heterocycles. The van der Waals surface area contributed by atoms with E-state index in [-0.39, 0.29) is 17.7 Å². The zero-order valence-corrected chi connectivity index (χ0v) is 12.0. The molecule has 5 nitrogen and oxygen atoms in total. The van der Waals surface area contributed by atoms with Crippen molar-refractivity contribution < 1.29 is 10.0 Å². The van der Waals surface area contributed by atoms with Crippen LogP contribution in [-0.2, 0) is 0 Å². The van der Waals surface area contributed by atoms with Gasteiger partial charge in [0.1, 0.15) is 5.69 Å². The minimum atomic E-state index is -0.409. The molecule has 0 atom stereocenters. The molecule has 0 spiro atoms. The summed E-state index contributed by atoms with van der Waals surface area (Å²) in [5.41, 5.74) is 0.420. The molecule has 0 saturated heterocycles. The molecule has 0 unspecified atom stereocenters. The minimum absolute atomic E-state index is 0.0537. The zero-order chi connectivity index (χ0) is 13.8. The van der Waals surface area contributed by atoms with Gasteiger partial charge in [-0.05, 0) is 24.0 Å². The number of anilines is 1. The Labute approximate surface area is 114 Å². The SMILES string of the molecule is CC(C)(CCO)CNc1cc(Br)ccc1[N+](=O)[O-]. The number of benzene rings is 1. The number of aliphatic hydroxyl groups excluding tert-OH is 1. The molecular weight excluding hydrogens is 300 g/mol. The van der Waals surface area contributed by atoms with Crippen molar-refractivity contribution in [1.82, 2.24) is 0 Å². The molecule has 0 radical (unpaired) electrons. The van der Waals surface area contributed by atoms with Crippen molar-refractivity contribution in [3.63, 3.8) is 0 Å². The quantitative estimate of drug-likeness (QED) is 0.624. The molecule has 1 rings (SSSR count). The van der Waals surface area contributed by atoms with Gasteiger partial charge in [0.2, 0.25) is 0 Å². The van der Waals surface area contributed by atoms with Gasteiger partial charge in [0.25, 0.3) is 5.69 Å². The van der Waals surface area contributed by atoms with Crippen molar-refractivity contribution in [2.45, 2.75) is 20.3 Å². The standard InChI is InChI=1S/C12H17BrN2O3/c1-12(2,5-6-16)8-14-10-7-9(13)3-4-11(10)15(17)18/h3-4,7,14,16H,5-6,8H2,1-2H3. The van der Waals surface area contributed by atoms with E-state index in [1.54, 1.807) is 12.1 Å². The normalized spacial score (nSPS) is 11.3. The van der Waals surface area contributed by atoms with Crippen LogP contribution in [0.15, 0.2) is 22.7 Å². The number of hydrogen-bond acceptors (Lipinski definition) is 4. The predicted molar refractivity (Wildman–Crippen MR) is 74.8 cm³/mol. The maximum Gasteiger partial charge on any atom is 0.292 e. The molecule has 0 saturated carbocycles.